The molecule has 2 fully saturated rings. The van der Waals surface area contributed by atoms with Gasteiger partial charge < -0.3 is 10.6 Å². The van der Waals surface area contributed by atoms with E-state index in [9.17, 15) is 18.0 Å². The molecule has 0 bridgehead atoms. The molecule has 1 amide bonds. The molecule has 23 heavy (non-hydrogen) atoms. The molecule has 3 nitrogen and oxygen atoms in total. The van der Waals surface area contributed by atoms with Crippen molar-refractivity contribution >= 4 is 5.91 Å². The molecule has 1 aromatic carbocycles. The third-order valence-electron chi connectivity index (χ3n) is 4.87. The number of hydrogen-bond acceptors (Lipinski definition) is 2. The summed E-state index contributed by atoms with van der Waals surface area (Å²) in [5.74, 6) is -0.0253. The van der Waals surface area contributed by atoms with Gasteiger partial charge in [-0.1, -0.05) is 18.2 Å². The van der Waals surface area contributed by atoms with Crippen molar-refractivity contribution in [3.05, 3.63) is 35.4 Å². The van der Waals surface area contributed by atoms with Crippen LogP contribution in [0.3, 0.4) is 0 Å². The molecule has 0 aromatic heterocycles. The zero-order chi connectivity index (χ0) is 16.5. The second-order valence-electron chi connectivity index (χ2n) is 6.63. The Morgan fingerprint density at radius 2 is 2.13 bits per heavy atom. The Labute approximate surface area is 133 Å². The maximum Gasteiger partial charge on any atom is 0.416 e. The van der Waals surface area contributed by atoms with Crippen LogP contribution in [0.25, 0.3) is 0 Å². The molecule has 1 heterocycles. The molecule has 0 spiro atoms. The molecule has 1 atom stereocenters. The summed E-state index contributed by atoms with van der Waals surface area (Å²) in [6.45, 7) is 1.37. The monoisotopic (exact) mass is 326 g/mol. The van der Waals surface area contributed by atoms with Crippen LogP contribution in [-0.4, -0.2) is 25.0 Å². The lowest BCUT2D eigenvalue weighted by Gasteiger charge is -2.19. The van der Waals surface area contributed by atoms with Crippen molar-refractivity contribution in [1.29, 1.82) is 0 Å². The van der Waals surface area contributed by atoms with Gasteiger partial charge in [0.2, 0.25) is 5.91 Å². The first-order valence-corrected chi connectivity index (χ1v) is 8.07. The molecule has 1 aliphatic carbocycles. The summed E-state index contributed by atoms with van der Waals surface area (Å²) in [6.07, 6.45) is -0.160. The van der Waals surface area contributed by atoms with E-state index in [2.05, 4.69) is 10.6 Å². The topological polar surface area (TPSA) is 41.1 Å². The number of halogens is 3. The Bertz CT molecular complexity index is 575. The van der Waals surface area contributed by atoms with Gasteiger partial charge in [-0.2, -0.15) is 13.2 Å². The van der Waals surface area contributed by atoms with Crippen molar-refractivity contribution in [3.8, 4) is 0 Å². The largest absolute Gasteiger partial charge is 0.416 e. The number of benzene rings is 1. The summed E-state index contributed by atoms with van der Waals surface area (Å²) >= 11 is 0. The van der Waals surface area contributed by atoms with Gasteiger partial charge in [-0.25, -0.2) is 0 Å². The van der Waals surface area contributed by atoms with Crippen molar-refractivity contribution in [2.75, 3.05) is 13.1 Å². The maximum atomic E-state index is 12.8. The summed E-state index contributed by atoms with van der Waals surface area (Å²) in [4.78, 5) is 12.0. The molecule has 1 saturated carbocycles. The minimum atomic E-state index is -4.33. The molecule has 1 saturated heterocycles. The van der Waals surface area contributed by atoms with Crippen LogP contribution in [0.4, 0.5) is 13.2 Å². The highest BCUT2D eigenvalue weighted by Gasteiger charge is 2.45. The SMILES string of the molecule is O=C(CC1CCCN1)NCC1(c2cccc(C(F)(F)F)c2)CC1. The van der Waals surface area contributed by atoms with Gasteiger partial charge in [0.05, 0.1) is 5.56 Å². The number of rotatable bonds is 5. The smallest absolute Gasteiger partial charge is 0.355 e. The number of amides is 1. The number of carbonyl (C=O) groups excluding carboxylic acids is 1. The number of hydrogen-bond donors (Lipinski definition) is 2. The molecule has 126 valence electrons. The van der Waals surface area contributed by atoms with E-state index in [0.29, 0.717) is 18.5 Å². The Hall–Kier alpha value is -1.56. The molecule has 2 N–H and O–H groups in total. The normalized spacial score (nSPS) is 22.8. The van der Waals surface area contributed by atoms with Crippen molar-refractivity contribution in [2.45, 2.75) is 49.7 Å². The fraction of sp³-hybridized carbons (Fsp3) is 0.588. The Kier molecular flexibility index (Phi) is 4.36. The van der Waals surface area contributed by atoms with Gasteiger partial charge in [0.1, 0.15) is 0 Å². The summed E-state index contributed by atoms with van der Waals surface area (Å²) in [5, 5.41) is 6.18. The molecule has 3 rings (SSSR count). The first kappa shape index (κ1) is 16.3. The third-order valence-corrected chi connectivity index (χ3v) is 4.87. The number of carbonyl (C=O) groups is 1. The van der Waals surface area contributed by atoms with Crippen LogP contribution in [0, 0.1) is 0 Å². The van der Waals surface area contributed by atoms with E-state index < -0.39 is 11.7 Å². The molecule has 1 aromatic rings. The molecule has 1 unspecified atom stereocenters. The van der Waals surface area contributed by atoms with E-state index in [1.807, 2.05) is 0 Å². The Morgan fingerprint density at radius 1 is 1.35 bits per heavy atom. The molecular formula is C17H21F3N2O. The van der Waals surface area contributed by atoms with Crippen LogP contribution in [0.15, 0.2) is 24.3 Å². The van der Waals surface area contributed by atoms with Gasteiger partial charge in [0, 0.05) is 24.4 Å². The molecule has 1 aliphatic heterocycles. The van der Waals surface area contributed by atoms with Gasteiger partial charge >= 0.3 is 6.18 Å². The van der Waals surface area contributed by atoms with E-state index in [-0.39, 0.29) is 17.4 Å². The fourth-order valence-electron chi connectivity index (χ4n) is 3.24. The first-order chi connectivity index (χ1) is 10.9. The predicted molar refractivity (Wildman–Crippen MR) is 81.0 cm³/mol. The molecule has 6 heteroatoms. The van der Waals surface area contributed by atoms with Gasteiger partial charge in [-0.15, -0.1) is 0 Å². The second kappa shape index (κ2) is 6.15. The molecule has 2 aliphatic rings. The first-order valence-electron chi connectivity index (χ1n) is 8.07. The van der Waals surface area contributed by atoms with E-state index in [1.165, 1.54) is 12.1 Å². The van der Waals surface area contributed by atoms with E-state index >= 15 is 0 Å². The second-order valence-corrected chi connectivity index (χ2v) is 6.63. The molecule has 0 radical (unpaired) electrons. The lowest BCUT2D eigenvalue weighted by atomic mass is 9.94. The van der Waals surface area contributed by atoms with Crippen LogP contribution >= 0.6 is 0 Å². The standard InChI is InChI=1S/C17H21F3N2O/c18-17(19,20)13-4-1-3-12(9-13)16(6-7-16)11-22-15(23)10-14-5-2-8-21-14/h1,3-4,9,14,21H,2,5-8,10-11H2,(H,22,23). The predicted octanol–water partition coefficient (Wildman–Crippen LogP) is 3.00. The maximum absolute atomic E-state index is 12.8. The van der Waals surface area contributed by atoms with Crippen molar-refractivity contribution in [1.82, 2.24) is 10.6 Å². The van der Waals surface area contributed by atoms with E-state index in [1.54, 1.807) is 6.07 Å². The van der Waals surface area contributed by atoms with E-state index in [0.717, 1.165) is 38.3 Å². The highest BCUT2D eigenvalue weighted by molar-refractivity contribution is 5.76. The number of alkyl halides is 3. The van der Waals surface area contributed by atoms with Crippen molar-refractivity contribution in [3.63, 3.8) is 0 Å². The third kappa shape index (κ3) is 3.86. The Morgan fingerprint density at radius 3 is 2.74 bits per heavy atom. The summed E-state index contributed by atoms with van der Waals surface area (Å²) < 4.78 is 38.5. The lowest BCUT2D eigenvalue weighted by Crippen LogP contribution is -2.36. The van der Waals surface area contributed by atoms with Gasteiger partial charge in [-0.05, 0) is 43.9 Å². The number of nitrogens with one attached hydrogen (secondary N) is 2. The molecular weight excluding hydrogens is 305 g/mol. The van der Waals surface area contributed by atoms with Crippen molar-refractivity contribution in [2.24, 2.45) is 0 Å². The highest BCUT2D eigenvalue weighted by Crippen LogP contribution is 2.48. The summed E-state index contributed by atoms with van der Waals surface area (Å²) in [6, 6.07) is 5.72. The van der Waals surface area contributed by atoms with Crippen LogP contribution in [0.1, 0.15) is 43.2 Å². The van der Waals surface area contributed by atoms with Gasteiger partial charge in [-0.3, -0.25) is 4.79 Å². The summed E-state index contributed by atoms with van der Waals surface area (Å²) in [7, 11) is 0. The fourth-order valence-corrected chi connectivity index (χ4v) is 3.24. The van der Waals surface area contributed by atoms with Gasteiger partial charge in [0.25, 0.3) is 0 Å². The zero-order valence-corrected chi connectivity index (χ0v) is 12.9. The minimum Gasteiger partial charge on any atom is -0.355 e. The highest BCUT2D eigenvalue weighted by atomic mass is 19.4. The summed E-state index contributed by atoms with van der Waals surface area (Å²) in [5.41, 5.74) is -0.269. The van der Waals surface area contributed by atoms with Crippen LogP contribution < -0.4 is 10.6 Å². The van der Waals surface area contributed by atoms with Crippen LogP contribution in [0.2, 0.25) is 0 Å². The quantitative estimate of drug-likeness (QED) is 0.873. The van der Waals surface area contributed by atoms with Gasteiger partial charge in [0.15, 0.2) is 0 Å². The zero-order valence-electron chi connectivity index (χ0n) is 12.9. The van der Waals surface area contributed by atoms with Crippen LogP contribution in [-0.2, 0) is 16.4 Å². The average molecular weight is 326 g/mol. The lowest BCUT2D eigenvalue weighted by molar-refractivity contribution is -0.137. The minimum absolute atomic E-state index is 0.0253. The average Bonchev–Trinajstić information content (AvgIpc) is 3.14. The Balaban J connectivity index is 1.60. The van der Waals surface area contributed by atoms with E-state index in [4.69, 9.17) is 0 Å². The van der Waals surface area contributed by atoms with Crippen LogP contribution in [0.5, 0.6) is 0 Å². The van der Waals surface area contributed by atoms with Crippen molar-refractivity contribution < 1.29 is 18.0 Å².